The number of anilines is 3. The molecular formula is C12H15FN6O. The van der Waals surface area contributed by atoms with Gasteiger partial charge in [-0.25, -0.2) is 10.2 Å². The van der Waals surface area contributed by atoms with E-state index in [-0.39, 0.29) is 17.9 Å². The lowest BCUT2D eigenvalue weighted by Gasteiger charge is -2.11. The number of aryl methyl sites for hydroxylation is 1. The molecule has 0 aliphatic heterocycles. The Labute approximate surface area is 115 Å². The van der Waals surface area contributed by atoms with Gasteiger partial charge >= 0.3 is 6.01 Å². The smallest absolute Gasteiger partial charge is 0.323 e. The van der Waals surface area contributed by atoms with Gasteiger partial charge in [-0.3, -0.25) is 5.43 Å². The minimum Gasteiger partial charge on any atom is -0.464 e. The highest BCUT2D eigenvalue weighted by atomic mass is 19.1. The number of ether oxygens (including phenoxy) is 1. The monoisotopic (exact) mass is 278 g/mol. The molecule has 0 bridgehead atoms. The fraction of sp³-hybridized carbons (Fsp3) is 0.250. The van der Waals surface area contributed by atoms with Gasteiger partial charge in [0.1, 0.15) is 5.82 Å². The number of hydrazine groups is 1. The van der Waals surface area contributed by atoms with Crippen molar-refractivity contribution in [2.24, 2.45) is 5.84 Å². The molecule has 1 aromatic heterocycles. The van der Waals surface area contributed by atoms with Crippen LogP contribution >= 0.6 is 0 Å². The van der Waals surface area contributed by atoms with Crippen molar-refractivity contribution in [3.05, 3.63) is 29.6 Å². The Morgan fingerprint density at radius 2 is 2.00 bits per heavy atom. The largest absolute Gasteiger partial charge is 0.464 e. The maximum absolute atomic E-state index is 13.8. The van der Waals surface area contributed by atoms with Gasteiger partial charge in [0.2, 0.25) is 11.9 Å². The standard InChI is InChI=1S/C12H15FN6O/c1-3-20-12-17-10(16-11(18-12)19-14)15-9-7(2)5-4-6-8(9)13/h4-6H,3,14H2,1-2H3,(H2,15,16,17,18,19). The molecule has 0 radical (unpaired) electrons. The topological polar surface area (TPSA) is 98.0 Å². The highest BCUT2D eigenvalue weighted by molar-refractivity contribution is 5.59. The third-order valence-corrected chi connectivity index (χ3v) is 2.48. The molecule has 0 atom stereocenters. The van der Waals surface area contributed by atoms with E-state index in [1.165, 1.54) is 6.07 Å². The molecule has 0 unspecified atom stereocenters. The number of rotatable bonds is 5. The Morgan fingerprint density at radius 3 is 2.65 bits per heavy atom. The molecule has 0 amide bonds. The van der Waals surface area contributed by atoms with Crippen molar-refractivity contribution in [2.45, 2.75) is 13.8 Å². The summed E-state index contributed by atoms with van der Waals surface area (Å²) >= 11 is 0. The lowest BCUT2D eigenvalue weighted by molar-refractivity contribution is 0.312. The van der Waals surface area contributed by atoms with E-state index < -0.39 is 5.82 Å². The number of nitrogens with two attached hydrogens (primary N) is 1. The van der Waals surface area contributed by atoms with Crippen molar-refractivity contribution >= 4 is 17.6 Å². The van der Waals surface area contributed by atoms with Crippen LogP contribution in [0.5, 0.6) is 6.01 Å². The number of hydrogen-bond acceptors (Lipinski definition) is 7. The molecule has 0 saturated carbocycles. The molecule has 1 aromatic carbocycles. The summed E-state index contributed by atoms with van der Waals surface area (Å²) in [7, 11) is 0. The third-order valence-electron chi connectivity index (χ3n) is 2.48. The van der Waals surface area contributed by atoms with Crippen LogP contribution in [0, 0.1) is 12.7 Å². The van der Waals surface area contributed by atoms with Crippen LogP contribution in [0.4, 0.5) is 22.0 Å². The van der Waals surface area contributed by atoms with Gasteiger partial charge in [-0.2, -0.15) is 15.0 Å². The molecule has 0 spiro atoms. The second-order valence-electron chi connectivity index (χ2n) is 3.90. The van der Waals surface area contributed by atoms with Crippen LogP contribution in [-0.2, 0) is 0 Å². The summed E-state index contributed by atoms with van der Waals surface area (Å²) in [6.45, 7) is 3.97. The summed E-state index contributed by atoms with van der Waals surface area (Å²) in [4.78, 5) is 11.9. The first-order chi connectivity index (χ1) is 9.63. The van der Waals surface area contributed by atoms with E-state index in [1.807, 2.05) is 0 Å². The molecule has 20 heavy (non-hydrogen) atoms. The number of halogens is 1. The maximum Gasteiger partial charge on any atom is 0.323 e. The van der Waals surface area contributed by atoms with Gasteiger partial charge in [0, 0.05) is 0 Å². The van der Waals surface area contributed by atoms with E-state index in [0.29, 0.717) is 12.3 Å². The van der Waals surface area contributed by atoms with E-state index in [0.717, 1.165) is 5.56 Å². The normalized spacial score (nSPS) is 10.2. The Balaban J connectivity index is 2.35. The quantitative estimate of drug-likeness (QED) is 0.566. The summed E-state index contributed by atoms with van der Waals surface area (Å²) in [5, 5.41) is 2.80. The first-order valence-corrected chi connectivity index (χ1v) is 6.01. The molecule has 0 aliphatic carbocycles. The molecule has 4 N–H and O–H groups in total. The number of nitrogen functional groups attached to an aromatic ring is 1. The van der Waals surface area contributed by atoms with E-state index in [1.54, 1.807) is 26.0 Å². The van der Waals surface area contributed by atoms with Gasteiger partial charge in [-0.1, -0.05) is 12.1 Å². The fourth-order valence-corrected chi connectivity index (χ4v) is 1.57. The zero-order chi connectivity index (χ0) is 14.5. The number of nitrogens with zero attached hydrogens (tertiary/aromatic N) is 3. The zero-order valence-electron chi connectivity index (χ0n) is 11.1. The van der Waals surface area contributed by atoms with Crippen molar-refractivity contribution in [1.29, 1.82) is 0 Å². The highest BCUT2D eigenvalue weighted by Crippen LogP contribution is 2.22. The molecule has 106 valence electrons. The predicted octanol–water partition coefficient (Wildman–Crippen LogP) is 1.75. The van der Waals surface area contributed by atoms with Gasteiger partial charge in [0.15, 0.2) is 0 Å². The first kappa shape index (κ1) is 13.9. The summed E-state index contributed by atoms with van der Waals surface area (Å²) in [5.74, 6) is 5.15. The number of benzene rings is 1. The predicted molar refractivity (Wildman–Crippen MR) is 73.2 cm³/mol. The third kappa shape index (κ3) is 3.09. The number of nitrogens with one attached hydrogen (secondary N) is 2. The molecule has 0 saturated heterocycles. The Kier molecular flexibility index (Phi) is 4.26. The first-order valence-electron chi connectivity index (χ1n) is 6.01. The molecule has 2 rings (SSSR count). The molecular weight excluding hydrogens is 263 g/mol. The Hall–Kier alpha value is -2.48. The molecule has 0 fully saturated rings. The number of aromatic nitrogens is 3. The highest BCUT2D eigenvalue weighted by Gasteiger charge is 2.10. The lowest BCUT2D eigenvalue weighted by atomic mass is 10.2. The van der Waals surface area contributed by atoms with Gasteiger partial charge in [0.05, 0.1) is 12.3 Å². The van der Waals surface area contributed by atoms with Crippen LogP contribution in [0.3, 0.4) is 0 Å². The van der Waals surface area contributed by atoms with Gasteiger partial charge in [-0.15, -0.1) is 0 Å². The number of hydrogen-bond donors (Lipinski definition) is 3. The van der Waals surface area contributed by atoms with Crippen molar-refractivity contribution < 1.29 is 9.13 Å². The van der Waals surface area contributed by atoms with Crippen molar-refractivity contribution in [3.63, 3.8) is 0 Å². The number of para-hydroxylation sites is 1. The molecule has 8 heteroatoms. The van der Waals surface area contributed by atoms with Crippen LogP contribution in [0.2, 0.25) is 0 Å². The van der Waals surface area contributed by atoms with Gasteiger partial charge in [0.25, 0.3) is 0 Å². The van der Waals surface area contributed by atoms with Gasteiger partial charge < -0.3 is 10.1 Å². The van der Waals surface area contributed by atoms with Crippen LogP contribution < -0.4 is 21.3 Å². The van der Waals surface area contributed by atoms with Crippen molar-refractivity contribution in [1.82, 2.24) is 15.0 Å². The average Bonchev–Trinajstić information content (AvgIpc) is 2.43. The second kappa shape index (κ2) is 6.11. The van der Waals surface area contributed by atoms with E-state index in [9.17, 15) is 4.39 Å². The average molecular weight is 278 g/mol. The molecule has 2 aromatic rings. The van der Waals surface area contributed by atoms with E-state index >= 15 is 0 Å². The van der Waals surface area contributed by atoms with E-state index in [2.05, 4.69) is 25.7 Å². The lowest BCUT2D eigenvalue weighted by Crippen LogP contribution is -2.14. The minimum atomic E-state index is -0.398. The van der Waals surface area contributed by atoms with Crippen LogP contribution in [0.1, 0.15) is 12.5 Å². The molecule has 7 nitrogen and oxygen atoms in total. The SMILES string of the molecule is CCOc1nc(NN)nc(Nc2c(C)cccc2F)n1. The Morgan fingerprint density at radius 1 is 1.25 bits per heavy atom. The van der Waals surface area contributed by atoms with Gasteiger partial charge in [-0.05, 0) is 25.5 Å². The summed E-state index contributed by atoms with van der Waals surface area (Å²) in [5.41, 5.74) is 3.33. The zero-order valence-corrected chi connectivity index (χ0v) is 11.1. The fourth-order valence-electron chi connectivity index (χ4n) is 1.57. The van der Waals surface area contributed by atoms with Crippen molar-refractivity contribution in [3.8, 4) is 6.01 Å². The Bertz CT molecular complexity index is 586. The summed E-state index contributed by atoms with van der Waals surface area (Å²) < 4.78 is 19.0. The summed E-state index contributed by atoms with van der Waals surface area (Å²) in [6, 6.07) is 4.86. The van der Waals surface area contributed by atoms with Crippen LogP contribution in [-0.4, -0.2) is 21.6 Å². The van der Waals surface area contributed by atoms with Crippen LogP contribution in [0.15, 0.2) is 18.2 Å². The molecule has 0 aliphatic rings. The maximum atomic E-state index is 13.8. The summed E-state index contributed by atoms with van der Waals surface area (Å²) in [6.07, 6.45) is 0. The van der Waals surface area contributed by atoms with Crippen LogP contribution in [0.25, 0.3) is 0 Å². The van der Waals surface area contributed by atoms with Crippen molar-refractivity contribution in [2.75, 3.05) is 17.3 Å². The molecule has 1 heterocycles. The van der Waals surface area contributed by atoms with E-state index in [4.69, 9.17) is 10.6 Å². The minimum absolute atomic E-state index is 0.104. The second-order valence-corrected chi connectivity index (χ2v) is 3.90.